The molecule has 0 aliphatic heterocycles. The summed E-state index contributed by atoms with van der Waals surface area (Å²) in [4.78, 5) is 10.2. The molecule has 0 unspecified atom stereocenters. The molecule has 0 aliphatic rings. The van der Waals surface area contributed by atoms with Gasteiger partial charge in [0.15, 0.2) is 0 Å². The second-order valence-electron chi connectivity index (χ2n) is 2.71. The maximum absolute atomic E-state index is 10.6. The van der Waals surface area contributed by atoms with Gasteiger partial charge in [0.25, 0.3) is 5.69 Å². The Labute approximate surface area is 90.4 Å². The summed E-state index contributed by atoms with van der Waals surface area (Å²) in [6.45, 7) is 0. The highest BCUT2D eigenvalue weighted by atomic mass is 79.9. The van der Waals surface area contributed by atoms with Crippen LogP contribution >= 0.6 is 15.9 Å². The van der Waals surface area contributed by atoms with E-state index >= 15 is 0 Å². The van der Waals surface area contributed by atoms with Crippen LogP contribution in [0.3, 0.4) is 0 Å². The normalized spacial score (nSPS) is 9.43. The summed E-state index contributed by atoms with van der Waals surface area (Å²) in [5, 5.41) is 10.6. The molecular formula is C10H8BrNO2. The van der Waals surface area contributed by atoms with E-state index in [0.29, 0.717) is 17.3 Å². The molecule has 0 saturated heterocycles. The largest absolute Gasteiger partial charge is 0.283 e. The van der Waals surface area contributed by atoms with E-state index in [2.05, 4.69) is 21.9 Å². The lowest BCUT2D eigenvalue weighted by atomic mass is 10.1. The van der Waals surface area contributed by atoms with Crippen molar-refractivity contribution in [2.45, 2.75) is 12.8 Å². The van der Waals surface area contributed by atoms with E-state index in [0.717, 1.165) is 5.56 Å². The summed E-state index contributed by atoms with van der Waals surface area (Å²) in [5.74, 6) is 2.50. The lowest BCUT2D eigenvalue weighted by molar-refractivity contribution is -0.385. The predicted molar refractivity (Wildman–Crippen MR) is 58.0 cm³/mol. The first-order chi connectivity index (χ1) is 6.66. The Bertz CT molecular complexity index is 396. The first kappa shape index (κ1) is 10.7. The van der Waals surface area contributed by atoms with Crippen molar-refractivity contribution in [1.82, 2.24) is 0 Å². The van der Waals surface area contributed by atoms with Gasteiger partial charge >= 0.3 is 0 Å². The number of nitro benzene ring substituents is 1. The smallest absolute Gasteiger partial charge is 0.258 e. The molecule has 0 aliphatic carbocycles. The van der Waals surface area contributed by atoms with E-state index in [1.165, 1.54) is 6.07 Å². The number of halogens is 1. The molecular weight excluding hydrogens is 246 g/mol. The highest BCUT2D eigenvalue weighted by Gasteiger charge is 2.13. The van der Waals surface area contributed by atoms with Gasteiger partial charge in [-0.25, -0.2) is 0 Å². The zero-order chi connectivity index (χ0) is 10.6. The van der Waals surface area contributed by atoms with Crippen LogP contribution in [0.2, 0.25) is 0 Å². The van der Waals surface area contributed by atoms with Crippen LogP contribution in [-0.4, -0.2) is 4.92 Å². The highest BCUT2D eigenvalue weighted by Crippen LogP contribution is 2.28. The van der Waals surface area contributed by atoms with Gasteiger partial charge in [-0.1, -0.05) is 12.1 Å². The number of benzene rings is 1. The summed E-state index contributed by atoms with van der Waals surface area (Å²) in [5.41, 5.74) is 0.955. The maximum atomic E-state index is 10.6. The summed E-state index contributed by atoms with van der Waals surface area (Å²) >= 11 is 3.20. The number of hydrogen-bond donors (Lipinski definition) is 0. The zero-order valence-corrected chi connectivity index (χ0v) is 8.95. The maximum Gasteiger partial charge on any atom is 0.283 e. The SMILES string of the molecule is C#CCCc1cccc([N+](=O)[O-])c1Br. The van der Waals surface area contributed by atoms with Crippen molar-refractivity contribution in [2.24, 2.45) is 0 Å². The molecule has 14 heavy (non-hydrogen) atoms. The number of nitrogens with zero attached hydrogens (tertiary/aromatic N) is 1. The Morgan fingerprint density at radius 3 is 2.86 bits per heavy atom. The fraction of sp³-hybridized carbons (Fsp3) is 0.200. The molecule has 1 rings (SSSR count). The number of aryl methyl sites for hydroxylation is 1. The minimum absolute atomic E-state index is 0.0829. The Balaban J connectivity index is 3.02. The molecule has 0 heterocycles. The van der Waals surface area contributed by atoms with E-state index in [9.17, 15) is 10.1 Å². The van der Waals surface area contributed by atoms with Crippen LogP contribution in [0.15, 0.2) is 22.7 Å². The van der Waals surface area contributed by atoms with Gasteiger partial charge in [-0.15, -0.1) is 12.3 Å². The average molecular weight is 254 g/mol. The molecule has 0 fully saturated rings. The van der Waals surface area contributed by atoms with E-state index in [1.807, 2.05) is 6.07 Å². The van der Waals surface area contributed by atoms with Gasteiger partial charge in [-0.3, -0.25) is 10.1 Å². The first-order valence-electron chi connectivity index (χ1n) is 4.02. The molecule has 4 heteroatoms. The van der Waals surface area contributed by atoms with Crippen molar-refractivity contribution < 1.29 is 4.92 Å². The van der Waals surface area contributed by atoms with Crippen LogP contribution in [0.5, 0.6) is 0 Å². The number of rotatable bonds is 3. The monoisotopic (exact) mass is 253 g/mol. The van der Waals surface area contributed by atoms with Crippen LogP contribution in [0.25, 0.3) is 0 Å². The minimum atomic E-state index is -0.413. The van der Waals surface area contributed by atoms with Gasteiger partial charge in [0, 0.05) is 12.5 Å². The third kappa shape index (κ3) is 2.33. The standard InChI is InChI=1S/C10H8BrNO2/c1-2-3-5-8-6-4-7-9(10(8)11)12(13)14/h1,4,6-7H,3,5H2. The predicted octanol–water partition coefficient (Wildman–Crippen LogP) is 2.92. The van der Waals surface area contributed by atoms with Crippen molar-refractivity contribution in [3.8, 4) is 12.3 Å². The van der Waals surface area contributed by atoms with Gasteiger partial charge < -0.3 is 0 Å². The molecule has 0 atom stereocenters. The van der Waals surface area contributed by atoms with Gasteiger partial charge in [0.1, 0.15) is 0 Å². The molecule has 0 aromatic heterocycles. The summed E-state index contributed by atoms with van der Waals surface area (Å²) in [6, 6.07) is 4.95. The summed E-state index contributed by atoms with van der Waals surface area (Å²) in [7, 11) is 0. The number of terminal acetylenes is 1. The lowest BCUT2D eigenvalue weighted by Crippen LogP contribution is -1.93. The molecule has 1 aromatic carbocycles. The second-order valence-corrected chi connectivity index (χ2v) is 3.50. The average Bonchev–Trinajstić information content (AvgIpc) is 2.16. The van der Waals surface area contributed by atoms with E-state index in [4.69, 9.17) is 6.42 Å². The molecule has 72 valence electrons. The molecule has 0 amide bonds. The molecule has 0 saturated carbocycles. The Hall–Kier alpha value is -1.34. The van der Waals surface area contributed by atoms with E-state index < -0.39 is 4.92 Å². The fourth-order valence-electron chi connectivity index (χ4n) is 1.11. The van der Waals surface area contributed by atoms with Gasteiger partial charge in [0.05, 0.1) is 9.40 Å². The lowest BCUT2D eigenvalue weighted by Gasteiger charge is -2.01. The van der Waals surface area contributed by atoms with Crippen LogP contribution < -0.4 is 0 Å². The Morgan fingerprint density at radius 2 is 2.29 bits per heavy atom. The van der Waals surface area contributed by atoms with Crippen LogP contribution in [0.4, 0.5) is 5.69 Å². The Morgan fingerprint density at radius 1 is 1.57 bits per heavy atom. The fourth-order valence-corrected chi connectivity index (χ4v) is 1.71. The van der Waals surface area contributed by atoms with Crippen molar-refractivity contribution in [1.29, 1.82) is 0 Å². The van der Waals surface area contributed by atoms with Gasteiger partial charge in [-0.05, 0) is 27.9 Å². The van der Waals surface area contributed by atoms with Crippen LogP contribution in [0, 0.1) is 22.5 Å². The quantitative estimate of drug-likeness (QED) is 0.472. The van der Waals surface area contributed by atoms with Crippen molar-refractivity contribution in [3.05, 3.63) is 38.3 Å². The molecule has 3 nitrogen and oxygen atoms in total. The van der Waals surface area contributed by atoms with Gasteiger partial charge in [0.2, 0.25) is 0 Å². The van der Waals surface area contributed by atoms with Crippen molar-refractivity contribution in [2.75, 3.05) is 0 Å². The van der Waals surface area contributed by atoms with Crippen molar-refractivity contribution in [3.63, 3.8) is 0 Å². The zero-order valence-electron chi connectivity index (χ0n) is 7.37. The molecule has 0 bridgehead atoms. The van der Waals surface area contributed by atoms with Crippen LogP contribution in [0.1, 0.15) is 12.0 Å². The molecule has 0 radical (unpaired) electrons. The second kappa shape index (κ2) is 4.77. The first-order valence-corrected chi connectivity index (χ1v) is 4.81. The topological polar surface area (TPSA) is 43.1 Å². The van der Waals surface area contributed by atoms with Gasteiger partial charge in [-0.2, -0.15) is 0 Å². The third-order valence-electron chi connectivity index (χ3n) is 1.79. The summed E-state index contributed by atoms with van der Waals surface area (Å²) in [6.07, 6.45) is 6.36. The highest BCUT2D eigenvalue weighted by molar-refractivity contribution is 9.10. The molecule has 0 spiro atoms. The number of nitro groups is 1. The van der Waals surface area contributed by atoms with Crippen molar-refractivity contribution >= 4 is 21.6 Å². The van der Waals surface area contributed by atoms with Crippen LogP contribution in [-0.2, 0) is 6.42 Å². The third-order valence-corrected chi connectivity index (χ3v) is 2.71. The summed E-state index contributed by atoms with van der Waals surface area (Å²) < 4.78 is 0.528. The minimum Gasteiger partial charge on any atom is -0.258 e. The Kier molecular flexibility index (Phi) is 3.66. The van der Waals surface area contributed by atoms with E-state index in [1.54, 1.807) is 6.07 Å². The van der Waals surface area contributed by atoms with E-state index in [-0.39, 0.29) is 5.69 Å². The molecule has 1 aromatic rings. The number of hydrogen-bond acceptors (Lipinski definition) is 2. The molecule has 0 N–H and O–H groups in total.